The molecular weight excluding hydrogens is 286 g/mol. The van der Waals surface area contributed by atoms with Crippen molar-refractivity contribution in [2.75, 3.05) is 18.0 Å². The number of nitrogens with one attached hydrogen (secondary N) is 1. The van der Waals surface area contributed by atoms with E-state index in [0.717, 1.165) is 18.8 Å². The van der Waals surface area contributed by atoms with E-state index in [0.29, 0.717) is 12.1 Å². The van der Waals surface area contributed by atoms with Gasteiger partial charge in [0.15, 0.2) is 0 Å². The summed E-state index contributed by atoms with van der Waals surface area (Å²) in [4.78, 5) is 2.61. The van der Waals surface area contributed by atoms with Gasteiger partial charge in [0.05, 0.1) is 4.90 Å². The van der Waals surface area contributed by atoms with E-state index in [4.69, 9.17) is 5.14 Å². The molecule has 2 unspecified atom stereocenters. The zero-order valence-electron chi connectivity index (χ0n) is 12.2. The van der Waals surface area contributed by atoms with E-state index in [9.17, 15) is 8.42 Å². The van der Waals surface area contributed by atoms with E-state index < -0.39 is 10.0 Å². The summed E-state index contributed by atoms with van der Waals surface area (Å²) in [7, 11) is -3.61. The number of hydrogen-bond acceptors (Lipinski definition) is 4. The van der Waals surface area contributed by atoms with Crippen LogP contribution in [-0.4, -0.2) is 33.6 Å². The molecule has 0 aliphatic carbocycles. The van der Waals surface area contributed by atoms with Gasteiger partial charge in [0, 0.05) is 24.3 Å². The van der Waals surface area contributed by atoms with Crippen molar-refractivity contribution in [3.8, 4) is 0 Å². The molecule has 3 N–H and O–H groups in total. The van der Waals surface area contributed by atoms with Crippen molar-refractivity contribution in [2.45, 2.75) is 49.1 Å². The maximum atomic E-state index is 11.3. The van der Waals surface area contributed by atoms with Crippen LogP contribution >= 0.6 is 0 Å². The maximum Gasteiger partial charge on any atom is 0.238 e. The Morgan fingerprint density at radius 2 is 1.86 bits per heavy atom. The second-order valence-electron chi connectivity index (χ2n) is 6.00. The molecule has 0 spiro atoms. The second kappa shape index (κ2) is 5.94. The van der Waals surface area contributed by atoms with Crippen molar-refractivity contribution in [1.82, 2.24) is 5.32 Å². The Labute approximate surface area is 126 Å². The molecule has 0 radical (unpaired) electrons. The fourth-order valence-electron chi connectivity index (χ4n) is 3.56. The van der Waals surface area contributed by atoms with Crippen LogP contribution in [0.1, 0.15) is 32.1 Å². The number of nitrogens with zero attached hydrogens (tertiary/aromatic N) is 1. The number of hydrogen-bond donors (Lipinski definition) is 2. The van der Waals surface area contributed by atoms with Gasteiger partial charge in [0.2, 0.25) is 10.0 Å². The van der Waals surface area contributed by atoms with Gasteiger partial charge in [-0.15, -0.1) is 0 Å². The highest BCUT2D eigenvalue weighted by molar-refractivity contribution is 7.89. The molecule has 0 aromatic heterocycles. The van der Waals surface area contributed by atoms with Crippen molar-refractivity contribution in [3.05, 3.63) is 24.3 Å². The van der Waals surface area contributed by atoms with Gasteiger partial charge in [-0.2, -0.15) is 0 Å². The first-order valence-corrected chi connectivity index (χ1v) is 9.23. The van der Waals surface area contributed by atoms with Crippen LogP contribution in [0.15, 0.2) is 29.2 Å². The molecule has 0 amide bonds. The Morgan fingerprint density at radius 3 is 2.48 bits per heavy atom. The Kier molecular flexibility index (Phi) is 4.19. The molecule has 0 bridgehead atoms. The van der Waals surface area contributed by atoms with Crippen LogP contribution in [0, 0.1) is 0 Å². The topological polar surface area (TPSA) is 75.4 Å². The van der Waals surface area contributed by atoms with E-state index in [1.807, 2.05) is 12.1 Å². The van der Waals surface area contributed by atoms with Crippen molar-refractivity contribution in [3.63, 3.8) is 0 Å². The third-order valence-corrected chi connectivity index (χ3v) is 5.54. The monoisotopic (exact) mass is 309 g/mol. The van der Waals surface area contributed by atoms with E-state index >= 15 is 0 Å². The number of primary sulfonamides is 1. The van der Waals surface area contributed by atoms with Gasteiger partial charge < -0.3 is 10.2 Å². The smallest absolute Gasteiger partial charge is 0.238 e. The first-order valence-electron chi connectivity index (χ1n) is 7.68. The summed E-state index contributed by atoms with van der Waals surface area (Å²) in [6.07, 6.45) is 6.15. The molecule has 21 heavy (non-hydrogen) atoms. The number of rotatable bonds is 3. The van der Waals surface area contributed by atoms with E-state index in [-0.39, 0.29) is 4.90 Å². The average Bonchev–Trinajstić information content (AvgIpc) is 3.01. The zero-order valence-corrected chi connectivity index (χ0v) is 13.0. The lowest BCUT2D eigenvalue weighted by molar-refractivity contribution is 0.378. The molecule has 2 aliphatic rings. The normalized spacial score (nSPS) is 27.0. The van der Waals surface area contributed by atoms with Gasteiger partial charge in [-0.3, -0.25) is 0 Å². The minimum Gasteiger partial charge on any atom is -0.367 e. The van der Waals surface area contributed by atoms with Crippen LogP contribution in [0.4, 0.5) is 5.69 Å². The number of benzene rings is 1. The maximum absolute atomic E-state index is 11.3. The molecule has 2 heterocycles. The van der Waals surface area contributed by atoms with Gasteiger partial charge in [-0.25, -0.2) is 13.6 Å². The van der Waals surface area contributed by atoms with Gasteiger partial charge in [-0.1, -0.05) is 0 Å². The molecule has 2 atom stereocenters. The SMILES string of the molecule is NS(=O)(=O)c1ccc(N2CCCCC2C2CCCN2)cc1. The molecule has 6 heteroatoms. The Hall–Kier alpha value is -1.11. The number of sulfonamides is 1. The number of anilines is 1. The first-order chi connectivity index (χ1) is 10.1. The molecule has 116 valence electrons. The first kappa shape index (κ1) is 14.8. The number of piperidine rings is 1. The molecule has 3 rings (SSSR count). The Bertz CT molecular complexity index is 579. The minimum atomic E-state index is -3.61. The molecule has 1 aromatic rings. The quantitative estimate of drug-likeness (QED) is 0.886. The highest BCUT2D eigenvalue weighted by Crippen LogP contribution is 2.29. The van der Waals surface area contributed by atoms with Gasteiger partial charge in [0.25, 0.3) is 0 Å². The summed E-state index contributed by atoms with van der Waals surface area (Å²) in [6.45, 7) is 2.15. The van der Waals surface area contributed by atoms with Gasteiger partial charge >= 0.3 is 0 Å². The molecule has 1 aromatic carbocycles. The highest BCUT2D eigenvalue weighted by atomic mass is 32.2. The standard InChI is InChI=1S/C15H23N3O2S/c16-21(19,20)13-8-6-12(7-9-13)18-11-2-1-5-15(18)14-4-3-10-17-14/h6-9,14-15,17H,1-5,10-11H2,(H2,16,19,20). The lowest BCUT2D eigenvalue weighted by Crippen LogP contribution is -2.50. The van der Waals surface area contributed by atoms with Crippen molar-refractivity contribution >= 4 is 15.7 Å². The van der Waals surface area contributed by atoms with Crippen molar-refractivity contribution in [1.29, 1.82) is 0 Å². The minimum absolute atomic E-state index is 0.179. The lowest BCUT2D eigenvalue weighted by atomic mass is 9.94. The van der Waals surface area contributed by atoms with Crippen LogP contribution < -0.4 is 15.4 Å². The summed E-state index contributed by atoms with van der Waals surface area (Å²) in [5.74, 6) is 0. The van der Waals surface area contributed by atoms with Crippen LogP contribution in [0.5, 0.6) is 0 Å². The molecule has 5 nitrogen and oxygen atoms in total. The molecule has 2 fully saturated rings. The lowest BCUT2D eigenvalue weighted by Gasteiger charge is -2.41. The van der Waals surface area contributed by atoms with Gasteiger partial charge in [0.1, 0.15) is 0 Å². The van der Waals surface area contributed by atoms with Crippen LogP contribution in [0.3, 0.4) is 0 Å². The third kappa shape index (κ3) is 3.22. The molecule has 2 saturated heterocycles. The molecule has 0 saturated carbocycles. The summed E-state index contributed by atoms with van der Waals surface area (Å²) in [5.41, 5.74) is 1.10. The Balaban J connectivity index is 1.82. The average molecular weight is 309 g/mol. The third-order valence-electron chi connectivity index (χ3n) is 4.61. The van der Waals surface area contributed by atoms with E-state index in [2.05, 4.69) is 10.2 Å². The van der Waals surface area contributed by atoms with E-state index in [1.165, 1.54) is 32.1 Å². The predicted molar refractivity (Wildman–Crippen MR) is 83.8 cm³/mol. The zero-order chi connectivity index (χ0) is 14.9. The summed E-state index contributed by atoms with van der Waals surface area (Å²) < 4.78 is 22.7. The fourth-order valence-corrected chi connectivity index (χ4v) is 4.08. The fraction of sp³-hybridized carbons (Fsp3) is 0.600. The highest BCUT2D eigenvalue weighted by Gasteiger charge is 2.31. The Morgan fingerprint density at radius 1 is 1.10 bits per heavy atom. The van der Waals surface area contributed by atoms with Crippen molar-refractivity contribution in [2.24, 2.45) is 5.14 Å². The second-order valence-corrected chi connectivity index (χ2v) is 7.56. The molecule has 2 aliphatic heterocycles. The predicted octanol–water partition coefficient (Wildman–Crippen LogP) is 1.44. The molecular formula is C15H23N3O2S. The summed E-state index contributed by atoms with van der Waals surface area (Å²) in [5, 5.41) is 8.76. The largest absolute Gasteiger partial charge is 0.367 e. The van der Waals surface area contributed by atoms with Crippen molar-refractivity contribution < 1.29 is 8.42 Å². The number of nitrogens with two attached hydrogens (primary N) is 1. The van der Waals surface area contributed by atoms with Crippen LogP contribution in [0.25, 0.3) is 0 Å². The van der Waals surface area contributed by atoms with E-state index in [1.54, 1.807) is 12.1 Å². The van der Waals surface area contributed by atoms with Crippen LogP contribution in [0.2, 0.25) is 0 Å². The summed E-state index contributed by atoms with van der Waals surface area (Å²) >= 11 is 0. The van der Waals surface area contributed by atoms with Crippen LogP contribution in [-0.2, 0) is 10.0 Å². The summed E-state index contributed by atoms with van der Waals surface area (Å²) in [6, 6.07) is 8.06. The van der Waals surface area contributed by atoms with Gasteiger partial charge in [-0.05, 0) is 62.9 Å².